The monoisotopic (exact) mass is 420 g/mol. The van der Waals surface area contributed by atoms with Gasteiger partial charge in [0.15, 0.2) is 0 Å². The highest BCUT2D eigenvalue weighted by Crippen LogP contribution is 2.36. The van der Waals surface area contributed by atoms with Crippen LogP contribution in [0.25, 0.3) is 0 Å². The lowest BCUT2D eigenvalue weighted by Gasteiger charge is -2.22. The van der Waals surface area contributed by atoms with Crippen molar-refractivity contribution >= 4 is 45.0 Å². The van der Waals surface area contributed by atoms with Crippen LogP contribution in [0.4, 0.5) is 0 Å². The topological polar surface area (TPSA) is 66.5 Å². The van der Waals surface area contributed by atoms with Crippen LogP contribution in [0.5, 0.6) is 0 Å². The van der Waals surface area contributed by atoms with Gasteiger partial charge in [0, 0.05) is 15.8 Å². The highest BCUT2D eigenvalue weighted by molar-refractivity contribution is 9.10. The third-order valence-corrected chi connectivity index (χ3v) is 5.75. The van der Waals surface area contributed by atoms with Crippen molar-refractivity contribution in [3.63, 3.8) is 0 Å². The van der Waals surface area contributed by atoms with E-state index in [9.17, 15) is 14.4 Å². The lowest BCUT2D eigenvalue weighted by Crippen LogP contribution is -2.42. The Labute approximate surface area is 158 Å². The molecule has 1 unspecified atom stereocenters. The van der Waals surface area contributed by atoms with Gasteiger partial charge in [0.2, 0.25) is 17.7 Å². The number of likely N-dealkylation sites (tertiary alicyclic amines) is 1. The molecule has 0 saturated carbocycles. The van der Waals surface area contributed by atoms with Gasteiger partial charge in [-0.05, 0) is 36.1 Å². The second-order valence-corrected chi connectivity index (χ2v) is 8.10. The van der Waals surface area contributed by atoms with Gasteiger partial charge in [-0.15, -0.1) is 11.3 Å². The summed E-state index contributed by atoms with van der Waals surface area (Å²) in [5.74, 6) is -0.983. The quantitative estimate of drug-likeness (QED) is 0.756. The van der Waals surface area contributed by atoms with E-state index in [0.717, 1.165) is 19.8 Å². The smallest absolute Gasteiger partial charge is 0.240 e. The summed E-state index contributed by atoms with van der Waals surface area (Å²) in [5, 5.41) is 4.68. The lowest BCUT2D eigenvalue weighted by molar-refractivity contribution is -0.143. The zero-order chi connectivity index (χ0) is 18.0. The van der Waals surface area contributed by atoms with Crippen molar-refractivity contribution in [3.8, 4) is 0 Å². The van der Waals surface area contributed by atoms with Crippen molar-refractivity contribution in [1.29, 1.82) is 0 Å². The van der Waals surface area contributed by atoms with Crippen molar-refractivity contribution in [2.75, 3.05) is 6.54 Å². The molecule has 7 heteroatoms. The number of halogens is 1. The van der Waals surface area contributed by atoms with E-state index in [4.69, 9.17) is 0 Å². The van der Waals surface area contributed by atoms with E-state index in [1.165, 1.54) is 0 Å². The van der Waals surface area contributed by atoms with Crippen LogP contribution in [0.15, 0.2) is 46.3 Å². The molecule has 1 aliphatic heterocycles. The van der Waals surface area contributed by atoms with Crippen molar-refractivity contribution in [2.45, 2.75) is 25.3 Å². The zero-order valence-corrected chi connectivity index (χ0v) is 16.0. The molecular formula is C18H17BrN2O3S. The second kappa shape index (κ2) is 7.09. The standard InChI is InChI=1S/C18H17BrN2O3S/c1-18(12-4-6-13(19)7-5-12)9-16(23)21(17(18)24)11-15(22)20-10-14-3-2-8-25-14/h2-8H,9-11H2,1H3,(H,20,22). The molecule has 1 fully saturated rings. The van der Waals surface area contributed by atoms with Gasteiger partial charge < -0.3 is 5.32 Å². The van der Waals surface area contributed by atoms with Crippen LogP contribution in [0.2, 0.25) is 0 Å². The molecule has 2 aromatic rings. The van der Waals surface area contributed by atoms with E-state index in [2.05, 4.69) is 21.2 Å². The maximum atomic E-state index is 12.8. The first kappa shape index (κ1) is 17.8. The SMILES string of the molecule is CC1(c2ccc(Br)cc2)CC(=O)N(CC(=O)NCc2cccs2)C1=O. The van der Waals surface area contributed by atoms with E-state index in [0.29, 0.717) is 6.54 Å². The molecular weight excluding hydrogens is 404 g/mol. The first-order valence-corrected chi connectivity index (χ1v) is 9.47. The third-order valence-electron chi connectivity index (χ3n) is 4.35. The molecule has 0 radical (unpaired) electrons. The number of rotatable bonds is 5. The summed E-state index contributed by atoms with van der Waals surface area (Å²) in [5.41, 5.74) is -0.151. The first-order chi connectivity index (χ1) is 11.9. The number of amides is 3. The van der Waals surface area contributed by atoms with Crippen LogP contribution in [-0.2, 0) is 26.3 Å². The third kappa shape index (κ3) is 3.67. The van der Waals surface area contributed by atoms with E-state index in [1.807, 2.05) is 41.8 Å². The Hall–Kier alpha value is -1.99. The molecule has 0 spiro atoms. The number of hydrogen-bond acceptors (Lipinski definition) is 4. The van der Waals surface area contributed by atoms with Gasteiger partial charge in [0.05, 0.1) is 12.0 Å². The van der Waals surface area contributed by atoms with Crippen molar-refractivity contribution < 1.29 is 14.4 Å². The number of nitrogens with zero attached hydrogens (tertiary/aromatic N) is 1. The maximum Gasteiger partial charge on any atom is 0.240 e. The predicted octanol–water partition coefficient (Wildman–Crippen LogP) is 2.84. The Bertz CT molecular complexity index is 804. The lowest BCUT2D eigenvalue weighted by atomic mass is 9.81. The summed E-state index contributed by atoms with van der Waals surface area (Å²) in [6.07, 6.45) is 0.0751. The van der Waals surface area contributed by atoms with Crippen molar-refractivity contribution in [1.82, 2.24) is 10.2 Å². The second-order valence-electron chi connectivity index (χ2n) is 6.16. The molecule has 0 aliphatic carbocycles. The number of benzene rings is 1. The summed E-state index contributed by atoms with van der Waals surface area (Å²) in [6.45, 7) is 1.91. The van der Waals surface area contributed by atoms with Crippen LogP contribution in [-0.4, -0.2) is 29.2 Å². The van der Waals surface area contributed by atoms with E-state index in [-0.39, 0.29) is 30.7 Å². The molecule has 25 heavy (non-hydrogen) atoms. The molecule has 1 aromatic carbocycles. The molecule has 1 aliphatic rings. The fraction of sp³-hybridized carbons (Fsp3) is 0.278. The van der Waals surface area contributed by atoms with Crippen LogP contribution in [0, 0.1) is 0 Å². The molecule has 0 bridgehead atoms. The molecule has 5 nitrogen and oxygen atoms in total. The predicted molar refractivity (Wildman–Crippen MR) is 99.0 cm³/mol. The average molecular weight is 421 g/mol. The first-order valence-electron chi connectivity index (χ1n) is 7.80. The van der Waals surface area contributed by atoms with Crippen LogP contribution >= 0.6 is 27.3 Å². The Kier molecular flexibility index (Phi) is 5.06. The summed E-state index contributed by atoms with van der Waals surface area (Å²) in [4.78, 5) is 39.3. The fourth-order valence-corrected chi connectivity index (χ4v) is 3.80. The Morgan fingerprint density at radius 1 is 1.28 bits per heavy atom. The summed E-state index contributed by atoms with van der Waals surface area (Å²) < 4.78 is 0.904. The highest BCUT2D eigenvalue weighted by Gasteiger charge is 2.49. The Morgan fingerprint density at radius 2 is 2.00 bits per heavy atom. The summed E-state index contributed by atoms with van der Waals surface area (Å²) in [6, 6.07) is 11.2. The fourth-order valence-electron chi connectivity index (χ4n) is 2.89. The maximum absolute atomic E-state index is 12.8. The van der Waals surface area contributed by atoms with Gasteiger partial charge in [0.1, 0.15) is 6.54 Å². The Balaban J connectivity index is 1.68. The summed E-state index contributed by atoms with van der Waals surface area (Å²) in [7, 11) is 0. The van der Waals surface area contributed by atoms with E-state index in [1.54, 1.807) is 18.3 Å². The van der Waals surface area contributed by atoms with E-state index < -0.39 is 5.41 Å². The van der Waals surface area contributed by atoms with Gasteiger partial charge in [-0.2, -0.15) is 0 Å². The van der Waals surface area contributed by atoms with Crippen molar-refractivity contribution in [2.24, 2.45) is 0 Å². The largest absolute Gasteiger partial charge is 0.350 e. The molecule has 2 heterocycles. The van der Waals surface area contributed by atoms with E-state index >= 15 is 0 Å². The number of imide groups is 1. The molecule has 3 rings (SSSR count). The number of nitrogens with one attached hydrogen (secondary N) is 1. The van der Waals surface area contributed by atoms with Crippen LogP contribution in [0.1, 0.15) is 23.8 Å². The zero-order valence-electron chi connectivity index (χ0n) is 13.6. The Morgan fingerprint density at radius 3 is 2.64 bits per heavy atom. The van der Waals surface area contributed by atoms with Gasteiger partial charge >= 0.3 is 0 Å². The van der Waals surface area contributed by atoms with Crippen LogP contribution in [0.3, 0.4) is 0 Å². The van der Waals surface area contributed by atoms with Gasteiger partial charge in [-0.3, -0.25) is 19.3 Å². The van der Waals surface area contributed by atoms with Crippen molar-refractivity contribution in [3.05, 3.63) is 56.7 Å². The molecule has 130 valence electrons. The molecule has 3 amide bonds. The minimum atomic E-state index is -0.925. The summed E-state index contributed by atoms with van der Waals surface area (Å²) >= 11 is 4.90. The molecule has 1 saturated heterocycles. The number of hydrogen-bond donors (Lipinski definition) is 1. The molecule has 1 atom stereocenters. The number of carbonyl (C=O) groups is 3. The number of thiophene rings is 1. The van der Waals surface area contributed by atoms with Gasteiger partial charge in [-0.25, -0.2) is 0 Å². The van der Waals surface area contributed by atoms with Crippen LogP contribution < -0.4 is 5.32 Å². The molecule has 1 N–H and O–H groups in total. The van der Waals surface area contributed by atoms with Gasteiger partial charge in [0.25, 0.3) is 0 Å². The average Bonchev–Trinajstić information content (AvgIpc) is 3.17. The minimum Gasteiger partial charge on any atom is -0.350 e. The minimum absolute atomic E-state index is 0.0751. The number of carbonyl (C=O) groups excluding carboxylic acids is 3. The van der Waals surface area contributed by atoms with Gasteiger partial charge in [-0.1, -0.05) is 34.1 Å². The highest BCUT2D eigenvalue weighted by atomic mass is 79.9. The normalized spacial score (nSPS) is 20.2. The molecule has 1 aromatic heterocycles.